The maximum Gasteiger partial charge on any atom is 0.268 e. The lowest BCUT2D eigenvalue weighted by Gasteiger charge is -2.15. The van der Waals surface area contributed by atoms with Crippen molar-refractivity contribution in [3.8, 4) is 0 Å². The Hall–Kier alpha value is -2.37. The molecule has 0 fully saturated rings. The zero-order valence-corrected chi connectivity index (χ0v) is 14.9. The molecule has 24 heavy (non-hydrogen) atoms. The summed E-state index contributed by atoms with van der Waals surface area (Å²) >= 11 is 0. The second kappa shape index (κ2) is 5.92. The van der Waals surface area contributed by atoms with E-state index in [4.69, 9.17) is 0 Å². The van der Waals surface area contributed by atoms with Gasteiger partial charge in [-0.1, -0.05) is 0 Å². The number of fused-ring (bicyclic) bond motifs is 1. The number of carbonyl (C=O) groups is 2. The first-order valence-electron chi connectivity index (χ1n) is 8.36. The molecule has 0 radical (unpaired) electrons. The number of amides is 1. The van der Waals surface area contributed by atoms with Gasteiger partial charge in [-0.3, -0.25) is 14.3 Å². The molecule has 0 unspecified atom stereocenters. The fraction of sp³-hybridized carbons (Fsp3) is 0.500. The third-order valence-corrected chi connectivity index (χ3v) is 5.01. The van der Waals surface area contributed by atoms with Crippen LogP contribution in [0.5, 0.6) is 0 Å². The van der Waals surface area contributed by atoms with Crippen molar-refractivity contribution in [3.05, 3.63) is 39.5 Å². The van der Waals surface area contributed by atoms with Crippen LogP contribution in [0, 0.1) is 20.8 Å². The molecule has 0 saturated carbocycles. The van der Waals surface area contributed by atoms with E-state index in [1.54, 1.807) is 0 Å². The molecule has 1 atom stereocenters. The molecule has 2 aromatic rings. The molecular weight excluding hydrogens is 304 g/mol. The summed E-state index contributed by atoms with van der Waals surface area (Å²) in [6, 6.07) is -0.151. The number of H-pyrrole nitrogens is 1. The second-order valence-electron chi connectivity index (χ2n) is 6.66. The largest absolute Gasteiger partial charge is 0.354 e. The summed E-state index contributed by atoms with van der Waals surface area (Å²) in [5, 5.41) is 7.44. The Balaban J connectivity index is 1.87. The molecule has 0 aromatic carbocycles. The normalized spacial score (nSPS) is 15.3. The Morgan fingerprint density at radius 1 is 1.29 bits per heavy atom. The van der Waals surface area contributed by atoms with E-state index in [0.717, 1.165) is 41.1 Å². The molecule has 1 amide bonds. The highest BCUT2D eigenvalue weighted by Gasteiger charge is 2.27. The number of aromatic amines is 1. The van der Waals surface area contributed by atoms with Crippen LogP contribution >= 0.6 is 0 Å². The van der Waals surface area contributed by atoms with E-state index in [9.17, 15) is 9.59 Å². The zero-order chi connectivity index (χ0) is 17.6. The number of aromatic nitrogens is 3. The van der Waals surface area contributed by atoms with Crippen molar-refractivity contribution in [2.75, 3.05) is 0 Å². The standard InChI is InChI=1S/C18H24N4O2/c1-9-15-13(7-6-8-14(15)23)20-17(9)18(24)19-10(2)16-11(3)21-22(5)12(16)4/h10,20H,6-8H2,1-5H3,(H,19,24)/t10-/m1/s1. The Bertz CT molecular complexity index is 829. The number of rotatable bonds is 3. The van der Waals surface area contributed by atoms with Crippen LogP contribution in [0.3, 0.4) is 0 Å². The molecule has 0 bridgehead atoms. The number of hydrogen-bond acceptors (Lipinski definition) is 3. The Morgan fingerprint density at radius 3 is 2.58 bits per heavy atom. The molecule has 128 valence electrons. The second-order valence-corrected chi connectivity index (χ2v) is 6.66. The van der Waals surface area contributed by atoms with Gasteiger partial charge in [0.1, 0.15) is 5.69 Å². The molecule has 2 N–H and O–H groups in total. The monoisotopic (exact) mass is 328 g/mol. The number of hydrogen-bond donors (Lipinski definition) is 2. The molecule has 3 rings (SSSR count). The maximum atomic E-state index is 12.7. The molecule has 2 aromatic heterocycles. The van der Waals surface area contributed by atoms with E-state index in [1.165, 1.54) is 0 Å². The molecule has 0 aliphatic heterocycles. The molecule has 1 aliphatic carbocycles. The number of ketones is 1. The van der Waals surface area contributed by atoms with E-state index < -0.39 is 0 Å². The highest BCUT2D eigenvalue weighted by Crippen LogP contribution is 2.27. The number of aryl methyl sites for hydroxylation is 3. The number of Topliss-reactive ketones (excluding diaryl/α,β-unsaturated/α-hetero) is 1. The van der Waals surface area contributed by atoms with Crippen molar-refractivity contribution < 1.29 is 9.59 Å². The summed E-state index contributed by atoms with van der Waals surface area (Å²) in [6.07, 6.45) is 2.24. The van der Waals surface area contributed by atoms with E-state index >= 15 is 0 Å². The average molecular weight is 328 g/mol. The first-order chi connectivity index (χ1) is 11.3. The Labute approximate surface area is 141 Å². The summed E-state index contributed by atoms with van der Waals surface area (Å²) in [5.41, 5.74) is 5.87. The van der Waals surface area contributed by atoms with Crippen molar-refractivity contribution in [2.45, 2.75) is 53.0 Å². The summed E-state index contributed by atoms with van der Waals surface area (Å²) in [5.74, 6) is -0.0408. The minimum Gasteiger partial charge on any atom is -0.354 e. The predicted octanol–water partition coefficient (Wildman–Crippen LogP) is 2.68. The molecule has 6 nitrogen and oxygen atoms in total. The van der Waals surface area contributed by atoms with Crippen molar-refractivity contribution in [3.63, 3.8) is 0 Å². The van der Waals surface area contributed by atoms with Gasteiger partial charge < -0.3 is 10.3 Å². The number of carbonyl (C=O) groups excluding carboxylic acids is 2. The van der Waals surface area contributed by atoms with E-state index in [1.807, 2.05) is 39.4 Å². The van der Waals surface area contributed by atoms with Gasteiger partial charge in [-0.2, -0.15) is 5.10 Å². The summed E-state index contributed by atoms with van der Waals surface area (Å²) in [7, 11) is 1.90. The van der Waals surface area contributed by atoms with Crippen molar-refractivity contribution >= 4 is 11.7 Å². The maximum absolute atomic E-state index is 12.7. The first kappa shape index (κ1) is 16.5. The third kappa shape index (κ3) is 2.56. The van der Waals surface area contributed by atoms with Gasteiger partial charge in [-0.05, 0) is 46.1 Å². The van der Waals surface area contributed by atoms with Crippen LogP contribution in [0.25, 0.3) is 0 Å². The van der Waals surface area contributed by atoms with Gasteiger partial charge in [0, 0.05) is 36.0 Å². The highest BCUT2D eigenvalue weighted by molar-refractivity contribution is 6.04. The van der Waals surface area contributed by atoms with Gasteiger partial charge >= 0.3 is 0 Å². The number of nitrogens with one attached hydrogen (secondary N) is 2. The minimum absolute atomic E-state index is 0.135. The summed E-state index contributed by atoms with van der Waals surface area (Å²) < 4.78 is 1.82. The SMILES string of the molecule is Cc1nn(C)c(C)c1[C@@H](C)NC(=O)c1[nH]c2c(c1C)C(=O)CCC2. The van der Waals surface area contributed by atoms with Crippen LogP contribution in [0.15, 0.2) is 0 Å². The van der Waals surface area contributed by atoms with Crippen LogP contribution < -0.4 is 5.32 Å². The van der Waals surface area contributed by atoms with Gasteiger partial charge in [0.15, 0.2) is 5.78 Å². The van der Waals surface area contributed by atoms with Crippen molar-refractivity contribution in [1.82, 2.24) is 20.1 Å². The quantitative estimate of drug-likeness (QED) is 0.909. The molecule has 0 saturated heterocycles. The summed E-state index contributed by atoms with van der Waals surface area (Å²) in [6.45, 7) is 7.74. The van der Waals surface area contributed by atoms with Crippen LogP contribution in [-0.2, 0) is 13.5 Å². The van der Waals surface area contributed by atoms with E-state index in [-0.39, 0.29) is 17.7 Å². The predicted molar refractivity (Wildman–Crippen MR) is 91.4 cm³/mol. The van der Waals surface area contributed by atoms with Crippen LogP contribution in [0.2, 0.25) is 0 Å². The van der Waals surface area contributed by atoms with Crippen LogP contribution in [0.4, 0.5) is 0 Å². The van der Waals surface area contributed by atoms with Gasteiger partial charge in [0.25, 0.3) is 5.91 Å². The van der Waals surface area contributed by atoms with E-state index in [0.29, 0.717) is 17.7 Å². The van der Waals surface area contributed by atoms with Crippen LogP contribution in [-0.4, -0.2) is 26.5 Å². The molecule has 0 spiro atoms. The molecule has 2 heterocycles. The average Bonchev–Trinajstić information content (AvgIpc) is 2.97. The molecule has 6 heteroatoms. The first-order valence-corrected chi connectivity index (χ1v) is 8.36. The minimum atomic E-state index is -0.176. The van der Waals surface area contributed by atoms with Gasteiger partial charge in [-0.15, -0.1) is 0 Å². The fourth-order valence-electron chi connectivity index (χ4n) is 3.76. The zero-order valence-electron chi connectivity index (χ0n) is 14.9. The topological polar surface area (TPSA) is 79.8 Å². The van der Waals surface area contributed by atoms with Gasteiger partial charge in [0.05, 0.1) is 11.7 Å². The lowest BCUT2D eigenvalue weighted by molar-refractivity contribution is 0.0934. The molecule has 1 aliphatic rings. The smallest absolute Gasteiger partial charge is 0.268 e. The third-order valence-electron chi connectivity index (χ3n) is 5.01. The highest BCUT2D eigenvalue weighted by atomic mass is 16.2. The lowest BCUT2D eigenvalue weighted by Crippen LogP contribution is -2.28. The fourth-order valence-corrected chi connectivity index (χ4v) is 3.76. The van der Waals surface area contributed by atoms with Crippen molar-refractivity contribution in [2.24, 2.45) is 7.05 Å². The van der Waals surface area contributed by atoms with Crippen LogP contribution in [0.1, 0.15) is 74.9 Å². The van der Waals surface area contributed by atoms with Gasteiger partial charge in [0.2, 0.25) is 0 Å². The van der Waals surface area contributed by atoms with E-state index in [2.05, 4.69) is 15.4 Å². The molecular formula is C18H24N4O2. The van der Waals surface area contributed by atoms with Gasteiger partial charge in [-0.25, -0.2) is 0 Å². The summed E-state index contributed by atoms with van der Waals surface area (Å²) in [4.78, 5) is 28.0. The Morgan fingerprint density at radius 2 is 2.00 bits per heavy atom. The number of nitrogens with zero attached hydrogens (tertiary/aromatic N) is 2. The Kier molecular flexibility index (Phi) is 4.07. The lowest BCUT2D eigenvalue weighted by atomic mass is 9.94. The van der Waals surface area contributed by atoms with Crippen molar-refractivity contribution in [1.29, 1.82) is 0 Å².